The average molecular weight is 509 g/mol. The summed E-state index contributed by atoms with van der Waals surface area (Å²) in [6, 6.07) is 10.8. The minimum absolute atomic E-state index is 0.00618. The van der Waals surface area contributed by atoms with Crippen LogP contribution in [-0.4, -0.2) is 65.4 Å². The molecule has 1 heterocycles. The van der Waals surface area contributed by atoms with Crippen LogP contribution in [0.2, 0.25) is 0 Å². The summed E-state index contributed by atoms with van der Waals surface area (Å²) < 4.78 is 57.3. The number of amides is 1. The molecule has 1 saturated heterocycles. The first-order valence-electron chi connectivity index (χ1n) is 11.3. The van der Waals surface area contributed by atoms with Gasteiger partial charge in [-0.15, -0.1) is 0 Å². The van der Waals surface area contributed by atoms with Crippen LogP contribution in [0.3, 0.4) is 0 Å². The van der Waals surface area contributed by atoms with Crippen molar-refractivity contribution in [3.8, 4) is 5.75 Å². The van der Waals surface area contributed by atoms with Crippen LogP contribution in [0.25, 0.3) is 0 Å². The highest BCUT2D eigenvalue weighted by Gasteiger charge is 2.35. The molecule has 34 heavy (non-hydrogen) atoms. The Labute approximate surface area is 202 Å². The van der Waals surface area contributed by atoms with Gasteiger partial charge < -0.3 is 9.64 Å². The Balaban J connectivity index is 1.92. The number of sulfonamides is 1. The standard InChI is InChI=1S/C24H32N2O6S2/c1-5-14-26(20-13-15-33(28,29)17-20)24(27)23-16-22(12-7-18(23)3)34(30,31)25(4)19-8-10-21(11-9-19)32-6-2/h7-12,16,20H,5-6,13-15,17H2,1-4H3/t20-/m0/s1. The van der Waals surface area contributed by atoms with Crippen LogP contribution in [0.1, 0.15) is 42.6 Å². The van der Waals surface area contributed by atoms with E-state index in [4.69, 9.17) is 4.74 Å². The lowest BCUT2D eigenvalue weighted by molar-refractivity contribution is 0.0696. The Morgan fingerprint density at radius 1 is 1.12 bits per heavy atom. The molecule has 0 bridgehead atoms. The summed E-state index contributed by atoms with van der Waals surface area (Å²) in [6.07, 6.45) is 1.06. The molecule has 1 aliphatic rings. The van der Waals surface area contributed by atoms with Gasteiger partial charge in [0, 0.05) is 25.2 Å². The molecule has 0 aromatic heterocycles. The van der Waals surface area contributed by atoms with E-state index in [0.717, 1.165) is 4.31 Å². The normalized spacial score (nSPS) is 17.4. The van der Waals surface area contributed by atoms with Crippen molar-refractivity contribution in [3.63, 3.8) is 0 Å². The van der Waals surface area contributed by atoms with Crippen molar-refractivity contribution in [2.75, 3.05) is 36.0 Å². The highest BCUT2D eigenvalue weighted by Crippen LogP contribution is 2.27. The SMILES string of the molecule is CCCN(C(=O)c1cc(S(=O)(=O)N(C)c2ccc(OCC)cc2)ccc1C)[C@H]1CCS(=O)(=O)C1. The Bertz CT molecular complexity index is 1240. The second-order valence-corrected chi connectivity index (χ2v) is 12.6. The van der Waals surface area contributed by atoms with E-state index in [1.165, 1.54) is 19.2 Å². The van der Waals surface area contributed by atoms with Crippen LogP contribution < -0.4 is 9.04 Å². The van der Waals surface area contributed by atoms with E-state index in [0.29, 0.717) is 43.0 Å². The van der Waals surface area contributed by atoms with Crippen molar-refractivity contribution < 1.29 is 26.4 Å². The van der Waals surface area contributed by atoms with Gasteiger partial charge in [0.05, 0.1) is 28.7 Å². The lowest BCUT2D eigenvalue weighted by Gasteiger charge is -2.29. The van der Waals surface area contributed by atoms with Gasteiger partial charge in [0.25, 0.3) is 15.9 Å². The maximum absolute atomic E-state index is 13.5. The molecule has 3 rings (SSSR count). The molecular formula is C24H32N2O6S2. The predicted octanol–water partition coefficient (Wildman–Crippen LogP) is 3.26. The lowest BCUT2D eigenvalue weighted by Crippen LogP contribution is -2.42. The fourth-order valence-corrected chi connectivity index (χ4v) is 7.03. The van der Waals surface area contributed by atoms with Crippen LogP contribution in [0, 0.1) is 6.92 Å². The van der Waals surface area contributed by atoms with Gasteiger partial charge in [-0.2, -0.15) is 0 Å². The summed E-state index contributed by atoms with van der Waals surface area (Å²) in [5.74, 6) is 0.300. The Hall–Kier alpha value is -2.59. The van der Waals surface area contributed by atoms with Crippen molar-refractivity contribution >= 4 is 31.5 Å². The van der Waals surface area contributed by atoms with E-state index in [-0.39, 0.29) is 27.9 Å². The van der Waals surface area contributed by atoms with Gasteiger partial charge in [-0.05, 0) is 68.7 Å². The van der Waals surface area contributed by atoms with Crippen LogP contribution in [-0.2, 0) is 19.9 Å². The Kier molecular flexibility index (Phi) is 7.92. The molecule has 0 radical (unpaired) electrons. The van der Waals surface area contributed by atoms with Crippen LogP contribution in [0.15, 0.2) is 47.4 Å². The van der Waals surface area contributed by atoms with Crippen molar-refractivity contribution in [1.82, 2.24) is 4.90 Å². The summed E-state index contributed by atoms with van der Waals surface area (Å²) in [4.78, 5) is 15.1. The number of ether oxygens (including phenoxy) is 1. The smallest absolute Gasteiger partial charge is 0.264 e. The molecule has 0 saturated carbocycles. The number of sulfone groups is 1. The number of hydrogen-bond donors (Lipinski definition) is 0. The second kappa shape index (κ2) is 10.4. The average Bonchev–Trinajstić information content (AvgIpc) is 3.16. The molecule has 0 unspecified atom stereocenters. The Morgan fingerprint density at radius 3 is 2.35 bits per heavy atom. The topological polar surface area (TPSA) is 101 Å². The van der Waals surface area contributed by atoms with Gasteiger partial charge in [0.15, 0.2) is 9.84 Å². The molecular weight excluding hydrogens is 476 g/mol. The highest BCUT2D eigenvalue weighted by atomic mass is 32.2. The van der Waals surface area contributed by atoms with Gasteiger partial charge in [-0.1, -0.05) is 13.0 Å². The molecule has 1 aliphatic heterocycles. The molecule has 1 fully saturated rings. The molecule has 1 atom stereocenters. The van der Waals surface area contributed by atoms with Gasteiger partial charge in [-0.25, -0.2) is 16.8 Å². The number of nitrogens with zero attached hydrogens (tertiary/aromatic N) is 2. The van der Waals surface area contributed by atoms with Gasteiger partial charge in [-0.3, -0.25) is 9.10 Å². The third kappa shape index (κ3) is 5.55. The summed E-state index contributed by atoms with van der Waals surface area (Å²) >= 11 is 0. The number of hydrogen-bond acceptors (Lipinski definition) is 6. The summed E-state index contributed by atoms with van der Waals surface area (Å²) in [7, 11) is -5.65. The molecule has 8 nitrogen and oxygen atoms in total. The number of carbonyl (C=O) groups is 1. The minimum atomic E-state index is -3.94. The molecule has 0 spiro atoms. The second-order valence-electron chi connectivity index (χ2n) is 8.43. The number of aryl methyl sites for hydroxylation is 1. The molecule has 0 N–H and O–H groups in total. The lowest BCUT2D eigenvalue weighted by atomic mass is 10.1. The van der Waals surface area contributed by atoms with Crippen molar-refractivity contribution in [2.45, 2.75) is 44.6 Å². The number of carbonyl (C=O) groups excluding carboxylic acids is 1. The number of rotatable bonds is 9. The van der Waals surface area contributed by atoms with Crippen molar-refractivity contribution in [3.05, 3.63) is 53.6 Å². The summed E-state index contributed by atoms with van der Waals surface area (Å²) in [5.41, 5.74) is 1.36. The molecule has 10 heteroatoms. The zero-order chi connectivity index (χ0) is 25.1. The maximum Gasteiger partial charge on any atom is 0.264 e. The number of benzene rings is 2. The zero-order valence-corrected chi connectivity index (χ0v) is 21.7. The summed E-state index contributed by atoms with van der Waals surface area (Å²) in [5, 5.41) is 0. The zero-order valence-electron chi connectivity index (χ0n) is 20.0. The van der Waals surface area contributed by atoms with E-state index in [2.05, 4.69) is 0 Å². The quantitative estimate of drug-likeness (QED) is 0.515. The fraction of sp³-hybridized carbons (Fsp3) is 0.458. The van der Waals surface area contributed by atoms with Gasteiger partial charge in [0.2, 0.25) is 0 Å². The first-order valence-corrected chi connectivity index (χ1v) is 14.6. The monoisotopic (exact) mass is 508 g/mol. The van der Waals surface area contributed by atoms with Gasteiger partial charge in [0.1, 0.15) is 5.75 Å². The van der Waals surface area contributed by atoms with E-state index in [9.17, 15) is 21.6 Å². The maximum atomic E-state index is 13.5. The van der Waals surface area contributed by atoms with Crippen LogP contribution in [0.5, 0.6) is 5.75 Å². The number of anilines is 1. The minimum Gasteiger partial charge on any atom is -0.494 e. The first-order chi connectivity index (χ1) is 16.0. The molecule has 0 aliphatic carbocycles. The van der Waals surface area contributed by atoms with Crippen LogP contribution >= 0.6 is 0 Å². The van der Waals surface area contributed by atoms with E-state index >= 15 is 0 Å². The van der Waals surface area contributed by atoms with E-state index in [1.54, 1.807) is 42.2 Å². The fourth-order valence-electron chi connectivity index (χ4n) is 4.07. The molecule has 186 valence electrons. The van der Waals surface area contributed by atoms with E-state index in [1.807, 2.05) is 13.8 Å². The summed E-state index contributed by atoms with van der Waals surface area (Å²) in [6.45, 7) is 6.45. The Morgan fingerprint density at radius 2 is 1.79 bits per heavy atom. The highest BCUT2D eigenvalue weighted by molar-refractivity contribution is 7.92. The van der Waals surface area contributed by atoms with Crippen molar-refractivity contribution in [2.24, 2.45) is 0 Å². The van der Waals surface area contributed by atoms with E-state index < -0.39 is 25.9 Å². The largest absolute Gasteiger partial charge is 0.494 e. The molecule has 1 amide bonds. The molecule has 2 aromatic rings. The van der Waals surface area contributed by atoms with Gasteiger partial charge >= 0.3 is 0 Å². The third-order valence-corrected chi connectivity index (χ3v) is 9.52. The van der Waals surface area contributed by atoms with Crippen molar-refractivity contribution in [1.29, 1.82) is 0 Å². The van der Waals surface area contributed by atoms with Crippen LogP contribution in [0.4, 0.5) is 5.69 Å². The molecule has 2 aromatic carbocycles. The third-order valence-electron chi connectivity index (χ3n) is 5.98. The first kappa shape index (κ1) is 26.0. The predicted molar refractivity (Wildman–Crippen MR) is 133 cm³/mol.